The number of hydrogen-bond acceptors (Lipinski definition) is 5. The van der Waals surface area contributed by atoms with E-state index in [1.807, 2.05) is 17.0 Å². The first-order chi connectivity index (χ1) is 14.4. The van der Waals surface area contributed by atoms with Crippen LogP contribution in [0.5, 0.6) is 5.88 Å². The average molecular weight is 409 g/mol. The highest BCUT2D eigenvalue weighted by molar-refractivity contribution is 5.75. The normalized spacial score (nSPS) is 22.6. The minimum absolute atomic E-state index is 0.0755. The van der Waals surface area contributed by atoms with E-state index < -0.39 is 0 Å². The molecule has 0 unspecified atom stereocenters. The van der Waals surface area contributed by atoms with E-state index in [-0.39, 0.29) is 29.7 Å². The fraction of sp³-hybridized carbons (Fsp3) is 0.409. The van der Waals surface area contributed by atoms with Gasteiger partial charge in [0.05, 0.1) is 18.8 Å². The van der Waals surface area contributed by atoms with Gasteiger partial charge in [0.15, 0.2) is 0 Å². The lowest BCUT2D eigenvalue weighted by Gasteiger charge is -2.32. The third-order valence-electron chi connectivity index (χ3n) is 6.02. The Bertz CT molecular complexity index is 1010. The van der Waals surface area contributed by atoms with Crippen LogP contribution in [0, 0.1) is 29.0 Å². The highest BCUT2D eigenvalue weighted by Gasteiger charge is 2.50. The number of halogens is 1. The van der Waals surface area contributed by atoms with Crippen LogP contribution in [0.3, 0.4) is 0 Å². The monoisotopic (exact) mass is 409 g/mol. The molecular formula is C22H24FN5O2. The number of carbonyl (C=O) groups excluding carboxylic acids is 1. The fourth-order valence-corrected chi connectivity index (χ4v) is 4.77. The van der Waals surface area contributed by atoms with Crippen LogP contribution < -0.4 is 9.64 Å². The Morgan fingerprint density at radius 1 is 1.30 bits per heavy atom. The van der Waals surface area contributed by atoms with Crippen molar-refractivity contribution in [2.75, 3.05) is 45.7 Å². The van der Waals surface area contributed by atoms with Gasteiger partial charge in [-0.25, -0.2) is 14.2 Å². The Labute approximate surface area is 175 Å². The molecule has 2 fully saturated rings. The summed E-state index contributed by atoms with van der Waals surface area (Å²) in [5.74, 6) is 0.334. The van der Waals surface area contributed by atoms with E-state index in [9.17, 15) is 14.4 Å². The Morgan fingerprint density at radius 3 is 2.77 bits per heavy atom. The minimum atomic E-state index is -0.311. The quantitative estimate of drug-likeness (QED) is 0.780. The molecule has 2 aliphatic heterocycles. The molecule has 0 aliphatic carbocycles. The van der Waals surface area contributed by atoms with E-state index in [0.717, 1.165) is 11.3 Å². The van der Waals surface area contributed by atoms with Crippen LogP contribution in [-0.4, -0.2) is 61.7 Å². The molecule has 1 aromatic heterocycles. The second-order valence-electron chi connectivity index (χ2n) is 7.98. The molecule has 3 atom stereocenters. The molecule has 0 saturated carbocycles. The Balaban J connectivity index is 1.69. The zero-order valence-electron chi connectivity index (χ0n) is 17.2. The Kier molecular flexibility index (Phi) is 5.20. The fourth-order valence-electron chi connectivity index (χ4n) is 4.77. The highest BCUT2D eigenvalue weighted by atomic mass is 19.1. The van der Waals surface area contributed by atoms with Gasteiger partial charge in [-0.3, -0.25) is 0 Å². The van der Waals surface area contributed by atoms with Crippen LogP contribution in [-0.2, 0) is 0 Å². The van der Waals surface area contributed by atoms with Crippen molar-refractivity contribution in [1.29, 1.82) is 5.26 Å². The molecule has 0 radical (unpaired) electrons. The van der Waals surface area contributed by atoms with Crippen molar-refractivity contribution in [2.45, 2.75) is 6.04 Å². The number of hydrogen-bond donors (Lipinski definition) is 0. The largest absolute Gasteiger partial charge is 0.480 e. The number of nitriles is 1. The maximum Gasteiger partial charge on any atom is 0.320 e. The SMILES string of the molecule is COc1nccc(N2C[C@@H]3CN(C(=O)N(C)C)[C@@H](c4cccc(F)c4)[C@@H]3C2)c1C#N. The second kappa shape index (κ2) is 7.82. The topological polar surface area (TPSA) is 72.7 Å². The first-order valence-corrected chi connectivity index (χ1v) is 9.86. The molecule has 0 spiro atoms. The summed E-state index contributed by atoms with van der Waals surface area (Å²) in [6.07, 6.45) is 1.63. The highest BCUT2D eigenvalue weighted by Crippen LogP contribution is 2.47. The molecule has 0 bridgehead atoms. The molecule has 2 amide bonds. The summed E-state index contributed by atoms with van der Waals surface area (Å²) in [7, 11) is 4.96. The molecule has 0 N–H and O–H groups in total. The summed E-state index contributed by atoms with van der Waals surface area (Å²) < 4.78 is 19.2. The van der Waals surface area contributed by atoms with Crippen molar-refractivity contribution in [3.05, 3.63) is 53.5 Å². The first kappa shape index (κ1) is 20.0. The number of rotatable bonds is 3. The van der Waals surface area contributed by atoms with E-state index in [0.29, 0.717) is 31.1 Å². The zero-order chi connectivity index (χ0) is 21.4. The molecule has 8 heteroatoms. The van der Waals surface area contributed by atoms with Crippen molar-refractivity contribution < 1.29 is 13.9 Å². The van der Waals surface area contributed by atoms with Gasteiger partial charge in [0.2, 0.25) is 5.88 Å². The van der Waals surface area contributed by atoms with E-state index in [1.54, 1.807) is 31.3 Å². The van der Waals surface area contributed by atoms with Crippen LogP contribution in [0.25, 0.3) is 0 Å². The number of nitrogens with zero attached hydrogens (tertiary/aromatic N) is 5. The predicted molar refractivity (Wildman–Crippen MR) is 110 cm³/mol. The number of carbonyl (C=O) groups is 1. The number of pyridine rings is 1. The predicted octanol–water partition coefficient (Wildman–Crippen LogP) is 2.89. The lowest BCUT2D eigenvalue weighted by molar-refractivity contribution is 0.159. The van der Waals surface area contributed by atoms with Crippen LogP contribution in [0.2, 0.25) is 0 Å². The van der Waals surface area contributed by atoms with Crippen LogP contribution in [0.4, 0.5) is 14.9 Å². The number of anilines is 1. The number of benzene rings is 1. The Morgan fingerprint density at radius 2 is 2.10 bits per heavy atom. The first-order valence-electron chi connectivity index (χ1n) is 9.86. The van der Waals surface area contributed by atoms with Crippen molar-refractivity contribution in [3.63, 3.8) is 0 Å². The number of ether oxygens (including phenoxy) is 1. The van der Waals surface area contributed by atoms with Crippen LogP contribution >= 0.6 is 0 Å². The molecule has 156 valence electrons. The van der Waals surface area contributed by atoms with Gasteiger partial charge < -0.3 is 19.4 Å². The maximum absolute atomic E-state index is 14.0. The molecule has 1 aromatic carbocycles. The van der Waals surface area contributed by atoms with Crippen molar-refractivity contribution >= 4 is 11.7 Å². The number of aromatic nitrogens is 1. The van der Waals surface area contributed by atoms with E-state index in [1.165, 1.54) is 19.2 Å². The molecule has 2 aliphatic rings. The lowest BCUT2D eigenvalue weighted by Crippen LogP contribution is -2.41. The summed E-state index contributed by atoms with van der Waals surface area (Å²) in [5, 5.41) is 9.63. The van der Waals surface area contributed by atoms with Gasteiger partial charge in [-0.2, -0.15) is 5.26 Å². The number of fused-ring (bicyclic) bond motifs is 1. The molecule has 30 heavy (non-hydrogen) atoms. The second-order valence-corrected chi connectivity index (χ2v) is 7.98. The summed E-state index contributed by atoms with van der Waals surface area (Å²) in [4.78, 5) is 22.5. The average Bonchev–Trinajstić information content (AvgIpc) is 3.30. The summed E-state index contributed by atoms with van der Waals surface area (Å²) in [6.45, 7) is 1.95. The van der Waals surface area contributed by atoms with E-state index in [4.69, 9.17) is 4.74 Å². The smallest absolute Gasteiger partial charge is 0.320 e. The van der Waals surface area contributed by atoms with Gasteiger partial charge in [-0.15, -0.1) is 0 Å². The molecule has 2 aromatic rings. The molecular weight excluding hydrogens is 385 g/mol. The van der Waals surface area contributed by atoms with Gasteiger partial charge in [0, 0.05) is 51.8 Å². The van der Waals surface area contributed by atoms with Crippen molar-refractivity contribution in [2.24, 2.45) is 11.8 Å². The number of methoxy groups -OCH3 is 1. The zero-order valence-corrected chi connectivity index (χ0v) is 17.2. The molecule has 4 rings (SSSR count). The van der Waals surface area contributed by atoms with Gasteiger partial charge in [-0.05, 0) is 23.8 Å². The van der Waals surface area contributed by atoms with Crippen molar-refractivity contribution in [1.82, 2.24) is 14.8 Å². The maximum atomic E-state index is 14.0. The van der Waals surface area contributed by atoms with Gasteiger partial charge in [0.25, 0.3) is 0 Å². The molecule has 7 nitrogen and oxygen atoms in total. The van der Waals surface area contributed by atoms with Crippen LogP contribution in [0.1, 0.15) is 17.2 Å². The number of urea groups is 1. The summed E-state index contributed by atoms with van der Waals surface area (Å²) in [5.41, 5.74) is 1.98. The third kappa shape index (κ3) is 3.30. The molecule has 2 saturated heterocycles. The number of amides is 2. The van der Waals surface area contributed by atoms with E-state index in [2.05, 4.69) is 16.0 Å². The molecule has 3 heterocycles. The van der Waals surface area contributed by atoms with Crippen molar-refractivity contribution in [3.8, 4) is 11.9 Å². The van der Waals surface area contributed by atoms with Crippen LogP contribution in [0.15, 0.2) is 36.5 Å². The Hall–Kier alpha value is -3.34. The summed E-state index contributed by atoms with van der Waals surface area (Å²) in [6, 6.07) is 10.2. The van der Waals surface area contributed by atoms with E-state index >= 15 is 0 Å². The van der Waals surface area contributed by atoms with Gasteiger partial charge >= 0.3 is 6.03 Å². The summed E-state index contributed by atoms with van der Waals surface area (Å²) >= 11 is 0. The lowest BCUT2D eigenvalue weighted by atomic mass is 9.89. The van der Waals surface area contributed by atoms with Gasteiger partial charge in [0.1, 0.15) is 17.4 Å². The standard InChI is InChI=1S/C22H24FN5O2/c1-26(2)22(29)28-12-15-11-27(19-7-8-25-21(30-3)17(19)10-24)13-18(15)20(28)14-5-4-6-16(23)9-14/h4-9,15,18,20H,11-13H2,1-3H3/t15-,18-,20+/m1/s1. The minimum Gasteiger partial charge on any atom is -0.480 e. The number of likely N-dealkylation sites (tertiary alicyclic amines) is 1. The van der Waals surface area contributed by atoms with Gasteiger partial charge in [-0.1, -0.05) is 12.1 Å². The third-order valence-corrected chi connectivity index (χ3v) is 6.02.